The molecule has 28 heavy (non-hydrogen) atoms. The zero-order valence-electron chi connectivity index (χ0n) is 18.3. The number of benzene rings is 1. The van der Waals surface area contributed by atoms with Gasteiger partial charge in [0.15, 0.2) is 0 Å². The third-order valence-corrected chi connectivity index (χ3v) is 7.06. The first kappa shape index (κ1) is 21.3. The largest absolute Gasteiger partial charge is 0.380 e. The van der Waals surface area contributed by atoms with Gasteiger partial charge in [0.1, 0.15) is 5.54 Å². The van der Waals surface area contributed by atoms with Crippen molar-refractivity contribution >= 4 is 11.6 Å². The van der Waals surface area contributed by atoms with Crippen molar-refractivity contribution in [2.45, 2.75) is 70.1 Å². The molecule has 1 aromatic rings. The second-order valence-electron chi connectivity index (χ2n) is 8.81. The third-order valence-electron chi connectivity index (χ3n) is 7.06. The van der Waals surface area contributed by atoms with Gasteiger partial charge >= 0.3 is 0 Å². The van der Waals surface area contributed by atoms with E-state index in [0.29, 0.717) is 12.1 Å². The van der Waals surface area contributed by atoms with Gasteiger partial charge < -0.3 is 10.1 Å². The zero-order valence-corrected chi connectivity index (χ0v) is 18.3. The maximum absolute atomic E-state index is 13.4. The second-order valence-corrected chi connectivity index (χ2v) is 8.81. The van der Waals surface area contributed by atoms with Crippen molar-refractivity contribution in [1.82, 2.24) is 9.80 Å². The maximum Gasteiger partial charge on any atom is 0.244 e. The first-order valence-corrected chi connectivity index (χ1v) is 10.7. The molecule has 0 aromatic heterocycles. The summed E-state index contributed by atoms with van der Waals surface area (Å²) >= 11 is 0. The van der Waals surface area contributed by atoms with Crippen LogP contribution >= 0.6 is 0 Å². The van der Waals surface area contributed by atoms with Crippen LogP contribution in [-0.4, -0.2) is 67.7 Å². The summed E-state index contributed by atoms with van der Waals surface area (Å²) in [5.74, 6) is 0.126. The van der Waals surface area contributed by atoms with Crippen LogP contribution in [0.2, 0.25) is 0 Å². The number of para-hydroxylation sites is 1. The Balaban J connectivity index is 1.73. The highest BCUT2D eigenvalue weighted by Crippen LogP contribution is 2.34. The standard InChI is InChI=1S/C23H37N3O2/c1-17-9-8-10-18(2)21(17)24-22(27)23(25(3)4)13-15-26(16-14-23)19-11-6-7-12-20(19)28-5/h8-10,19-20H,6-7,11-16H2,1-5H3,(H,24,27)/t19-,20-/m1/s1. The van der Waals surface area contributed by atoms with Crippen LogP contribution in [0, 0.1) is 13.8 Å². The normalized spacial score (nSPS) is 25.6. The van der Waals surface area contributed by atoms with Crippen LogP contribution in [0.15, 0.2) is 18.2 Å². The van der Waals surface area contributed by atoms with Crippen LogP contribution in [0.5, 0.6) is 0 Å². The van der Waals surface area contributed by atoms with Crippen molar-refractivity contribution in [3.05, 3.63) is 29.3 Å². The number of nitrogens with zero attached hydrogens (tertiary/aromatic N) is 2. The molecule has 156 valence electrons. The van der Waals surface area contributed by atoms with Gasteiger partial charge in [-0.2, -0.15) is 0 Å². The van der Waals surface area contributed by atoms with Gasteiger partial charge in [-0.3, -0.25) is 14.6 Å². The molecule has 0 unspecified atom stereocenters. The Morgan fingerprint density at radius 3 is 2.32 bits per heavy atom. The van der Waals surface area contributed by atoms with Crippen molar-refractivity contribution in [2.24, 2.45) is 0 Å². The highest BCUT2D eigenvalue weighted by molar-refractivity contribution is 5.99. The molecule has 5 nitrogen and oxygen atoms in total. The van der Waals surface area contributed by atoms with Gasteiger partial charge in [-0.05, 0) is 64.8 Å². The van der Waals surface area contributed by atoms with E-state index in [0.717, 1.165) is 49.2 Å². The Bertz CT molecular complexity index is 660. The first-order valence-electron chi connectivity index (χ1n) is 10.7. The highest BCUT2D eigenvalue weighted by Gasteiger charge is 2.45. The van der Waals surface area contributed by atoms with E-state index in [1.165, 1.54) is 19.3 Å². The molecular formula is C23H37N3O2. The van der Waals surface area contributed by atoms with Gasteiger partial charge in [-0.15, -0.1) is 0 Å². The lowest BCUT2D eigenvalue weighted by Gasteiger charge is -2.48. The fraction of sp³-hybridized carbons (Fsp3) is 0.696. The predicted molar refractivity (Wildman–Crippen MR) is 115 cm³/mol. The van der Waals surface area contributed by atoms with E-state index in [9.17, 15) is 4.79 Å². The molecule has 1 aliphatic heterocycles. The number of ether oxygens (including phenoxy) is 1. The summed E-state index contributed by atoms with van der Waals surface area (Å²) in [5.41, 5.74) is 2.74. The SMILES string of the molecule is CO[C@@H]1CCCC[C@H]1N1CCC(C(=O)Nc2c(C)cccc2C)(N(C)C)CC1. The maximum atomic E-state index is 13.4. The van der Waals surface area contributed by atoms with Gasteiger partial charge in [-0.25, -0.2) is 0 Å². The van der Waals surface area contributed by atoms with E-state index in [2.05, 4.69) is 41.1 Å². The molecule has 1 aromatic carbocycles. The Morgan fingerprint density at radius 2 is 1.75 bits per heavy atom. The molecule has 1 aliphatic carbocycles. The summed E-state index contributed by atoms with van der Waals surface area (Å²) in [6.45, 7) is 6.01. The molecule has 3 rings (SSSR count). The quantitative estimate of drug-likeness (QED) is 0.839. The number of likely N-dealkylation sites (tertiary alicyclic amines) is 1. The molecule has 1 heterocycles. The molecule has 0 radical (unpaired) electrons. The minimum atomic E-state index is -0.456. The van der Waals surface area contributed by atoms with E-state index in [1.54, 1.807) is 0 Å². The van der Waals surface area contributed by atoms with Crippen molar-refractivity contribution in [3.8, 4) is 0 Å². The molecule has 0 bridgehead atoms. The number of aryl methyl sites for hydroxylation is 2. The first-order chi connectivity index (χ1) is 13.4. The number of carbonyl (C=O) groups is 1. The monoisotopic (exact) mass is 387 g/mol. The van der Waals surface area contributed by atoms with E-state index >= 15 is 0 Å². The van der Waals surface area contributed by atoms with Gasteiger partial charge in [0.25, 0.3) is 0 Å². The van der Waals surface area contributed by atoms with Gasteiger partial charge in [0.05, 0.1) is 6.10 Å². The summed E-state index contributed by atoms with van der Waals surface area (Å²) in [4.78, 5) is 18.1. The van der Waals surface area contributed by atoms with Crippen molar-refractivity contribution < 1.29 is 9.53 Å². The van der Waals surface area contributed by atoms with E-state index in [4.69, 9.17) is 4.74 Å². The summed E-state index contributed by atoms with van der Waals surface area (Å²) in [6.07, 6.45) is 6.96. The average Bonchev–Trinajstić information content (AvgIpc) is 2.70. The van der Waals surface area contributed by atoms with Gasteiger partial charge in [-0.1, -0.05) is 31.0 Å². The van der Waals surface area contributed by atoms with Gasteiger partial charge in [0, 0.05) is 31.9 Å². The van der Waals surface area contributed by atoms with Crippen LogP contribution in [-0.2, 0) is 9.53 Å². The molecule has 2 atom stereocenters. The Labute approximate surface area is 170 Å². The molecule has 2 fully saturated rings. The minimum absolute atomic E-state index is 0.126. The second kappa shape index (κ2) is 8.93. The number of amides is 1. The van der Waals surface area contributed by atoms with Crippen molar-refractivity contribution in [3.63, 3.8) is 0 Å². The third kappa shape index (κ3) is 4.12. The van der Waals surface area contributed by atoms with Crippen LogP contribution in [0.4, 0.5) is 5.69 Å². The minimum Gasteiger partial charge on any atom is -0.380 e. The van der Waals surface area contributed by atoms with Crippen LogP contribution in [0.25, 0.3) is 0 Å². The van der Waals surface area contributed by atoms with Crippen LogP contribution in [0.3, 0.4) is 0 Å². The van der Waals surface area contributed by atoms with Crippen LogP contribution < -0.4 is 5.32 Å². The number of rotatable bonds is 5. The lowest BCUT2D eigenvalue weighted by Crippen LogP contribution is -2.61. The fourth-order valence-electron chi connectivity index (χ4n) is 5.11. The molecule has 1 N–H and O–H groups in total. The Kier molecular flexibility index (Phi) is 6.79. The molecule has 0 spiro atoms. The fourth-order valence-corrected chi connectivity index (χ4v) is 5.11. The Hall–Kier alpha value is -1.43. The molecule has 2 aliphatic rings. The molecule has 5 heteroatoms. The van der Waals surface area contributed by atoms with Crippen molar-refractivity contribution in [1.29, 1.82) is 0 Å². The zero-order chi connectivity index (χ0) is 20.3. The smallest absolute Gasteiger partial charge is 0.244 e. The molecular weight excluding hydrogens is 350 g/mol. The molecule has 1 saturated carbocycles. The number of likely N-dealkylation sites (N-methyl/N-ethyl adjacent to an activating group) is 1. The number of hydrogen-bond acceptors (Lipinski definition) is 4. The molecule has 1 saturated heterocycles. The van der Waals surface area contributed by atoms with Gasteiger partial charge in [0.2, 0.25) is 5.91 Å². The van der Waals surface area contributed by atoms with E-state index in [-0.39, 0.29) is 5.91 Å². The van der Waals surface area contributed by atoms with Crippen LogP contribution in [0.1, 0.15) is 49.7 Å². The predicted octanol–water partition coefficient (Wildman–Crippen LogP) is 3.60. The summed E-state index contributed by atoms with van der Waals surface area (Å²) < 4.78 is 5.78. The van der Waals surface area contributed by atoms with E-state index < -0.39 is 5.54 Å². The molecule has 1 amide bonds. The lowest BCUT2D eigenvalue weighted by atomic mass is 9.82. The number of anilines is 1. The number of hydrogen-bond donors (Lipinski definition) is 1. The number of piperidine rings is 1. The van der Waals surface area contributed by atoms with Crippen molar-refractivity contribution in [2.75, 3.05) is 39.6 Å². The highest BCUT2D eigenvalue weighted by atomic mass is 16.5. The van der Waals surface area contributed by atoms with E-state index in [1.807, 2.05) is 27.3 Å². The Morgan fingerprint density at radius 1 is 1.14 bits per heavy atom. The summed E-state index contributed by atoms with van der Waals surface area (Å²) in [7, 11) is 5.92. The average molecular weight is 388 g/mol. The number of methoxy groups -OCH3 is 1. The summed E-state index contributed by atoms with van der Waals surface area (Å²) in [5, 5.41) is 3.26. The number of carbonyl (C=O) groups excluding carboxylic acids is 1. The lowest BCUT2D eigenvalue weighted by molar-refractivity contribution is -0.131. The number of nitrogens with one attached hydrogen (secondary N) is 1. The summed E-state index contributed by atoms with van der Waals surface area (Å²) in [6, 6.07) is 6.65. The topological polar surface area (TPSA) is 44.8 Å².